The molecule has 4 aliphatic carbocycles. The fourth-order valence-corrected chi connectivity index (χ4v) is 8.56. The zero-order chi connectivity index (χ0) is 27.0. The molecule has 1 saturated heterocycles. The minimum absolute atomic E-state index is 0.000341. The van der Waals surface area contributed by atoms with Gasteiger partial charge in [0.25, 0.3) is 5.91 Å². The summed E-state index contributed by atoms with van der Waals surface area (Å²) in [5.41, 5.74) is 5.36. The lowest BCUT2D eigenvalue weighted by molar-refractivity contribution is -0.147. The highest BCUT2D eigenvalue weighted by Gasteiger charge is 2.69. The van der Waals surface area contributed by atoms with E-state index in [1.807, 2.05) is 4.90 Å². The maximum atomic E-state index is 14.4. The van der Waals surface area contributed by atoms with E-state index in [2.05, 4.69) is 19.2 Å². The Labute approximate surface area is 228 Å². The molecule has 3 N–H and O–H groups in total. The van der Waals surface area contributed by atoms with Crippen molar-refractivity contribution in [3.05, 3.63) is 0 Å². The molecular formula is C31H49N3O4. The van der Waals surface area contributed by atoms with Gasteiger partial charge in [0.2, 0.25) is 17.6 Å². The summed E-state index contributed by atoms with van der Waals surface area (Å²) in [7, 11) is 0. The van der Waals surface area contributed by atoms with Gasteiger partial charge < -0.3 is 16.0 Å². The molecule has 7 nitrogen and oxygen atoms in total. The van der Waals surface area contributed by atoms with Gasteiger partial charge in [-0.1, -0.05) is 84.5 Å². The third-order valence-corrected chi connectivity index (χ3v) is 11.3. The van der Waals surface area contributed by atoms with E-state index in [9.17, 15) is 19.2 Å². The molecule has 0 bridgehead atoms. The second-order valence-corrected chi connectivity index (χ2v) is 14.0. The number of nitrogens with zero attached hydrogens (tertiary/aromatic N) is 1. The van der Waals surface area contributed by atoms with E-state index in [0.29, 0.717) is 36.6 Å². The van der Waals surface area contributed by atoms with Crippen LogP contribution in [-0.2, 0) is 19.2 Å². The zero-order valence-corrected chi connectivity index (χ0v) is 23.6. The largest absolute Gasteiger partial charge is 0.363 e. The van der Waals surface area contributed by atoms with Crippen molar-refractivity contribution in [1.82, 2.24) is 10.2 Å². The van der Waals surface area contributed by atoms with Gasteiger partial charge >= 0.3 is 0 Å². The van der Waals surface area contributed by atoms with E-state index in [1.165, 1.54) is 51.4 Å². The van der Waals surface area contributed by atoms with Crippen molar-refractivity contribution in [2.24, 2.45) is 46.7 Å². The van der Waals surface area contributed by atoms with Crippen LogP contribution in [0.1, 0.15) is 110 Å². The van der Waals surface area contributed by atoms with Gasteiger partial charge in [-0.05, 0) is 60.7 Å². The average molecular weight is 528 g/mol. The molecule has 5 atom stereocenters. The first-order chi connectivity index (χ1) is 18.2. The highest BCUT2D eigenvalue weighted by molar-refractivity contribution is 6.37. The lowest BCUT2D eigenvalue weighted by atomic mass is 9.73. The standard InChI is InChI=1S/C31H49N3O4/c1-31(2)23-18-34(30(38)22(21-14-7-4-8-15-21)16-19-10-5-3-6-11-19)26(25(23)31)29(37)33-24(27(35)28(32)36)17-20-12-9-13-20/h19-26H,3-18H2,1-2H3,(H2,32,36)(H,33,37)/t22-,23+,24?,25+,26?/m0/s1. The van der Waals surface area contributed by atoms with Gasteiger partial charge in [0, 0.05) is 12.5 Å². The second kappa shape index (κ2) is 11.3. The van der Waals surface area contributed by atoms with Gasteiger partial charge in [0.15, 0.2) is 0 Å². The van der Waals surface area contributed by atoms with Crippen LogP contribution < -0.4 is 11.1 Å². The Balaban J connectivity index is 1.35. The maximum Gasteiger partial charge on any atom is 0.287 e. The maximum absolute atomic E-state index is 14.4. The van der Waals surface area contributed by atoms with Gasteiger partial charge in [0.1, 0.15) is 6.04 Å². The van der Waals surface area contributed by atoms with Crippen molar-refractivity contribution in [2.45, 2.75) is 122 Å². The number of fused-ring (bicyclic) bond motifs is 1. The van der Waals surface area contributed by atoms with E-state index in [1.54, 1.807) is 0 Å². The second-order valence-electron chi connectivity index (χ2n) is 14.0. The molecule has 0 spiro atoms. The Morgan fingerprint density at radius 2 is 1.42 bits per heavy atom. The van der Waals surface area contributed by atoms with Crippen molar-refractivity contribution >= 4 is 23.5 Å². The smallest absolute Gasteiger partial charge is 0.287 e. The third kappa shape index (κ3) is 5.54. The summed E-state index contributed by atoms with van der Waals surface area (Å²) in [4.78, 5) is 54.6. The van der Waals surface area contributed by atoms with Gasteiger partial charge in [-0.25, -0.2) is 0 Å². The van der Waals surface area contributed by atoms with Crippen LogP contribution in [0.5, 0.6) is 0 Å². The fraction of sp³-hybridized carbons (Fsp3) is 0.871. The normalized spacial score (nSPS) is 31.1. The van der Waals surface area contributed by atoms with Crippen LogP contribution in [0.25, 0.3) is 0 Å². The van der Waals surface area contributed by atoms with Crippen LogP contribution in [0.2, 0.25) is 0 Å². The number of piperidine rings is 1. The highest BCUT2D eigenvalue weighted by Crippen LogP contribution is 2.65. The molecular weight excluding hydrogens is 478 g/mol. The molecule has 3 amide bonds. The Bertz CT molecular complexity index is 916. The number of rotatable bonds is 10. The quantitative estimate of drug-likeness (QED) is 0.411. The molecule has 4 saturated carbocycles. The molecule has 1 heterocycles. The summed E-state index contributed by atoms with van der Waals surface area (Å²) >= 11 is 0. The van der Waals surface area contributed by atoms with Gasteiger partial charge in [0.05, 0.1) is 6.04 Å². The Morgan fingerprint density at radius 1 is 0.842 bits per heavy atom. The summed E-state index contributed by atoms with van der Waals surface area (Å²) in [6, 6.07) is -1.45. The molecule has 1 aliphatic heterocycles. The molecule has 7 heteroatoms. The first-order valence-corrected chi connectivity index (χ1v) is 15.6. The van der Waals surface area contributed by atoms with E-state index < -0.39 is 23.8 Å². The number of primary amides is 1. The Kier molecular flexibility index (Phi) is 8.21. The minimum Gasteiger partial charge on any atom is -0.363 e. The van der Waals surface area contributed by atoms with E-state index in [4.69, 9.17) is 5.73 Å². The van der Waals surface area contributed by atoms with Gasteiger partial charge in [-0.15, -0.1) is 0 Å². The molecule has 5 rings (SSSR count). The van der Waals surface area contributed by atoms with Crippen LogP contribution in [0.3, 0.4) is 0 Å². The molecule has 2 unspecified atom stereocenters. The lowest BCUT2D eigenvalue weighted by Gasteiger charge is -2.39. The van der Waals surface area contributed by atoms with Crippen molar-refractivity contribution in [1.29, 1.82) is 0 Å². The molecule has 5 fully saturated rings. The first-order valence-electron chi connectivity index (χ1n) is 15.6. The number of carbonyl (C=O) groups is 4. The molecule has 5 aliphatic rings. The number of carbonyl (C=O) groups excluding carboxylic acids is 4. The zero-order valence-electron chi connectivity index (χ0n) is 23.6. The van der Waals surface area contributed by atoms with Crippen molar-refractivity contribution < 1.29 is 19.2 Å². The van der Waals surface area contributed by atoms with Crippen LogP contribution in [-0.4, -0.2) is 47.0 Å². The molecule has 0 aromatic heterocycles. The monoisotopic (exact) mass is 527 g/mol. The number of ketones is 1. The van der Waals surface area contributed by atoms with Gasteiger partial charge in [-0.2, -0.15) is 0 Å². The van der Waals surface area contributed by atoms with Crippen molar-refractivity contribution in [3.8, 4) is 0 Å². The van der Waals surface area contributed by atoms with Crippen molar-refractivity contribution in [3.63, 3.8) is 0 Å². The van der Waals surface area contributed by atoms with Crippen LogP contribution in [0, 0.1) is 40.9 Å². The van der Waals surface area contributed by atoms with Gasteiger partial charge in [-0.3, -0.25) is 19.2 Å². The number of Topliss-reactive ketones (excluding diaryl/α,β-unsaturated/α-hetero) is 1. The number of nitrogens with one attached hydrogen (secondary N) is 1. The van der Waals surface area contributed by atoms with Crippen LogP contribution in [0.15, 0.2) is 0 Å². The number of hydrogen-bond acceptors (Lipinski definition) is 4. The number of nitrogens with two attached hydrogens (primary N) is 1. The number of amides is 3. The van der Waals surface area contributed by atoms with Crippen molar-refractivity contribution in [2.75, 3.05) is 6.54 Å². The Hall–Kier alpha value is -1.92. The molecule has 212 valence electrons. The number of hydrogen-bond donors (Lipinski definition) is 2. The summed E-state index contributed by atoms with van der Waals surface area (Å²) in [5.74, 6) is -0.0583. The molecule has 0 aromatic carbocycles. The van der Waals surface area contributed by atoms with E-state index in [-0.39, 0.29) is 29.1 Å². The topological polar surface area (TPSA) is 110 Å². The SMILES string of the molecule is CC1(C)[C@@H]2CN(C(=O)[C@@H](CC3CCCCC3)C3CCCCC3)C(C(=O)NC(CC3CCC3)C(=O)C(N)=O)[C@@H]21. The van der Waals surface area contributed by atoms with Crippen LogP contribution in [0.4, 0.5) is 0 Å². The summed E-state index contributed by atoms with van der Waals surface area (Å²) < 4.78 is 0. The Morgan fingerprint density at radius 3 is 2.00 bits per heavy atom. The minimum atomic E-state index is -0.997. The summed E-state index contributed by atoms with van der Waals surface area (Å²) in [5, 5.41) is 2.94. The summed E-state index contributed by atoms with van der Waals surface area (Å²) in [6.07, 6.45) is 16.7. The summed E-state index contributed by atoms with van der Waals surface area (Å²) in [6.45, 7) is 5.00. The van der Waals surface area contributed by atoms with E-state index >= 15 is 0 Å². The molecule has 0 radical (unpaired) electrons. The van der Waals surface area contributed by atoms with Crippen LogP contribution >= 0.6 is 0 Å². The average Bonchev–Trinajstić information content (AvgIpc) is 3.21. The predicted molar refractivity (Wildman–Crippen MR) is 146 cm³/mol. The highest BCUT2D eigenvalue weighted by atomic mass is 16.2. The fourth-order valence-electron chi connectivity index (χ4n) is 8.56. The third-order valence-electron chi connectivity index (χ3n) is 11.3. The number of likely N-dealkylation sites (tertiary alicyclic amines) is 1. The molecule has 38 heavy (non-hydrogen) atoms. The van der Waals surface area contributed by atoms with E-state index in [0.717, 1.165) is 38.5 Å². The predicted octanol–water partition coefficient (Wildman–Crippen LogP) is 4.37. The first kappa shape index (κ1) is 27.6. The molecule has 0 aromatic rings. The lowest BCUT2D eigenvalue weighted by Crippen LogP contribution is -2.56.